The summed E-state index contributed by atoms with van der Waals surface area (Å²) >= 11 is 4.26. The first-order valence-corrected chi connectivity index (χ1v) is 8.56. The van der Waals surface area contributed by atoms with Gasteiger partial charge in [-0.25, -0.2) is 9.37 Å². The van der Waals surface area contributed by atoms with Gasteiger partial charge < -0.3 is 5.11 Å². The van der Waals surface area contributed by atoms with Gasteiger partial charge >= 0.3 is 5.97 Å². The minimum atomic E-state index is -1.02. The lowest BCUT2D eigenvalue weighted by Crippen LogP contribution is -2.22. The maximum Gasteiger partial charge on any atom is 0.313 e. The number of hydrogen-bond donors (Lipinski definition) is 1. The molecular formula is C16H10BrFN2O3S. The third kappa shape index (κ3) is 3.34. The number of aromatic nitrogens is 2. The predicted octanol–water partition coefficient (Wildman–Crippen LogP) is 3.46. The van der Waals surface area contributed by atoms with E-state index in [2.05, 4.69) is 20.9 Å². The van der Waals surface area contributed by atoms with E-state index >= 15 is 0 Å². The molecule has 3 aromatic rings. The van der Waals surface area contributed by atoms with Crippen LogP contribution in [-0.2, 0) is 4.79 Å². The van der Waals surface area contributed by atoms with E-state index in [-0.39, 0.29) is 16.5 Å². The fourth-order valence-corrected chi connectivity index (χ4v) is 3.26. The van der Waals surface area contributed by atoms with Crippen molar-refractivity contribution in [3.8, 4) is 5.69 Å². The van der Waals surface area contributed by atoms with E-state index in [1.807, 2.05) is 0 Å². The highest BCUT2D eigenvalue weighted by Crippen LogP contribution is 2.23. The highest BCUT2D eigenvalue weighted by molar-refractivity contribution is 9.10. The number of carboxylic acid groups (broad SMARTS) is 1. The number of carboxylic acids is 1. The van der Waals surface area contributed by atoms with Crippen molar-refractivity contribution in [2.75, 3.05) is 5.75 Å². The Morgan fingerprint density at radius 2 is 1.96 bits per heavy atom. The zero-order valence-corrected chi connectivity index (χ0v) is 14.5. The number of rotatable bonds is 4. The average Bonchev–Trinajstić information content (AvgIpc) is 2.54. The second kappa shape index (κ2) is 6.74. The summed E-state index contributed by atoms with van der Waals surface area (Å²) in [6.45, 7) is 0. The Labute approximate surface area is 148 Å². The summed E-state index contributed by atoms with van der Waals surface area (Å²) in [5, 5.41) is 9.53. The van der Waals surface area contributed by atoms with Gasteiger partial charge in [0.15, 0.2) is 5.16 Å². The Morgan fingerprint density at radius 3 is 2.62 bits per heavy atom. The highest BCUT2D eigenvalue weighted by Gasteiger charge is 2.15. The molecule has 0 fully saturated rings. The van der Waals surface area contributed by atoms with Crippen molar-refractivity contribution in [3.63, 3.8) is 0 Å². The van der Waals surface area contributed by atoms with Crippen LogP contribution in [0.5, 0.6) is 0 Å². The molecule has 0 bridgehead atoms. The Morgan fingerprint density at radius 1 is 1.25 bits per heavy atom. The zero-order chi connectivity index (χ0) is 17.3. The van der Waals surface area contributed by atoms with Gasteiger partial charge in [0.1, 0.15) is 5.82 Å². The topological polar surface area (TPSA) is 72.2 Å². The summed E-state index contributed by atoms with van der Waals surface area (Å²) in [5.74, 6) is -1.69. The third-order valence-corrected chi connectivity index (χ3v) is 4.63. The summed E-state index contributed by atoms with van der Waals surface area (Å²) in [5.41, 5.74) is 0.541. The Bertz CT molecular complexity index is 989. The van der Waals surface area contributed by atoms with E-state index in [9.17, 15) is 14.0 Å². The lowest BCUT2D eigenvalue weighted by atomic mass is 10.2. The standard InChI is InChI=1S/C16H10BrFN2O3S/c17-9-1-6-12-13(7-9)19-16(24-8-14(21)22)20(15(12)23)11-4-2-10(18)3-5-11/h1-7H,8H2,(H,21,22). The molecule has 0 atom stereocenters. The third-order valence-electron chi connectivity index (χ3n) is 3.21. The maximum atomic E-state index is 13.2. The molecule has 8 heteroatoms. The number of fused-ring (bicyclic) bond motifs is 1. The smallest absolute Gasteiger partial charge is 0.313 e. The van der Waals surface area contributed by atoms with Crippen LogP contribution in [0.3, 0.4) is 0 Å². The van der Waals surface area contributed by atoms with Crippen molar-refractivity contribution in [3.05, 3.63) is 63.1 Å². The minimum Gasteiger partial charge on any atom is -0.481 e. The van der Waals surface area contributed by atoms with Crippen molar-refractivity contribution < 1.29 is 14.3 Å². The van der Waals surface area contributed by atoms with E-state index in [1.165, 1.54) is 28.8 Å². The first-order chi connectivity index (χ1) is 11.5. The molecule has 5 nitrogen and oxygen atoms in total. The molecule has 0 aliphatic rings. The molecule has 0 saturated heterocycles. The van der Waals surface area contributed by atoms with Crippen molar-refractivity contribution in [1.29, 1.82) is 0 Å². The first kappa shape index (κ1) is 16.7. The van der Waals surface area contributed by atoms with Crippen LogP contribution in [0.25, 0.3) is 16.6 Å². The molecule has 2 aromatic carbocycles. The molecule has 0 aliphatic heterocycles. The van der Waals surface area contributed by atoms with Crippen LogP contribution in [0.2, 0.25) is 0 Å². The summed E-state index contributed by atoms with van der Waals surface area (Å²) in [4.78, 5) is 28.1. The quantitative estimate of drug-likeness (QED) is 0.528. The lowest BCUT2D eigenvalue weighted by Gasteiger charge is -2.12. The zero-order valence-electron chi connectivity index (χ0n) is 12.1. The molecule has 0 saturated carbocycles. The molecule has 1 aromatic heterocycles. The number of benzene rings is 2. The summed E-state index contributed by atoms with van der Waals surface area (Å²) in [6, 6.07) is 10.4. The second-order valence-corrected chi connectivity index (χ2v) is 6.71. The van der Waals surface area contributed by atoms with Gasteiger partial charge in [0.05, 0.1) is 22.3 Å². The van der Waals surface area contributed by atoms with Crippen LogP contribution in [0, 0.1) is 5.82 Å². The minimum absolute atomic E-state index is 0.236. The van der Waals surface area contributed by atoms with Crippen LogP contribution >= 0.6 is 27.7 Å². The molecule has 0 amide bonds. The van der Waals surface area contributed by atoms with E-state index in [0.29, 0.717) is 16.6 Å². The van der Waals surface area contributed by atoms with Gasteiger partial charge in [0.2, 0.25) is 0 Å². The van der Waals surface area contributed by atoms with Crippen LogP contribution in [0.15, 0.2) is 56.9 Å². The number of hydrogen-bond acceptors (Lipinski definition) is 4. The Kier molecular flexibility index (Phi) is 4.68. The first-order valence-electron chi connectivity index (χ1n) is 6.78. The molecule has 1 N–H and O–H groups in total. The number of nitrogens with zero attached hydrogens (tertiary/aromatic N) is 2. The summed E-state index contributed by atoms with van der Waals surface area (Å²) in [7, 11) is 0. The van der Waals surface area contributed by atoms with E-state index < -0.39 is 11.8 Å². The predicted molar refractivity (Wildman–Crippen MR) is 93.4 cm³/mol. The second-order valence-electron chi connectivity index (χ2n) is 4.86. The SMILES string of the molecule is O=C(O)CSc1nc2cc(Br)ccc2c(=O)n1-c1ccc(F)cc1. The molecule has 0 unspecified atom stereocenters. The number of aliphatic carboxylic acids is 1. The Balaban J connectivity index is 2.27. The number of halogens is 2. The van der Waals surface area contributed by atoms with Gasteiger partial charge in [-0.2, -0.15) is 0 Å². The van der Waals surface area contributed by atoms with Crippen molar-refractivity contribution in [2.24, 2.45) is 0 Å². The monoisotopic (exact) mass is 408 g/mol. The molecule has 1 heterocycles. The van der Waals surface area contributed by atoms with Gasteiger partial charge in [-0.05, 0) is 42.5 Å². The lowest BCUT2D eigenvalue weighted by molar-refractivity contribution is -0.133. The fraction of sp³-hybridized carbons (Fsp3) is 0.0625. The van der Waals surface area contributed by atoms with Crippen molar-refractivity contribution >= 4 is 44.6 Å². The van der Waals surface area contributed by atoms with E-state index in [0.717, 1.165) is 16.2 Å². The van der Waals surface area contributed by atoms with Gasteiger partial charge in [-0.1, -0.05) is 27.7 Å². The fourth-order valence-electron chi connectivity index (χ4n) is 2.18. The number of carbonyl (C=O) groups is 1. The van der Waals surface area contributed by atoms with Crippen LogP contribution in [0.4, 0.5) is 4.39 Å². The van der Waals surface area contributed by atoms with E-state index in [4.69, 9.17) is 5.11 Å². The molecule has 0 aliphatic carbocycles. The van der Waals surface area contributed by atoms with Gasteiger partial charge in [0, 0.05) is 4.47 Å². The van der Waals surface area contributed by atoms with E-state index in [1.54, 1.807) is 18.2 Å². The van der Waals surface area contributed by atoms with Crippen LogP contribution < -0.4 is 5.56 Å². The molecule has 0 radical (unpaired) electrons. The molecule has 0 spiro atoms. The van der Waals surface area contributed by atoms with Crippen LogP contribution in [-0.4, -0.2) is 26.4 Å². The average molecular weight is 409 g/mol. The normalized spacial score (nSPS) is 10.9. The maximum absolute atomic E-state index is 13.2. The molecular weight excluding hydrogens is 399 g/mol. The van der Waals surface area contributed by atoms with Gasteiger partial charge in [-0.3, -0.25) is 14.2 Å². The van der Waals surface area contributed by atoms with Gasteiger partial charge in [0.25, 0.3) is 5.56 Å². The number of thioether (sulfide) groups is 1. The van der Waals surface area contributed by atoms with Gasteiger partial charge in [-0.15, -0.1) is 0 Å². The van der Waals surface area contributed by atoms with Crippen molar-refractivity contribution in [1.82, 2.24) is 9.55 Å². The molecule has 122 valence electrons. The van der Waals surface area contributed by atoms with Crippen LogP contribution in [0.1, 0.15) is 0 Å². The molecule has 24 heavy (non-hydrogen) atoms. The summed E-state index contributed by atoms with van der Waals surface area (Å²) in [6.07, 6.45) is 0. The largest absolute Gasteiger partial charge is 0.481 e. The highest BCUT2D eigenvalue weighted by atomic mass is 79.9. The van der Waals surface area contributed by atoms with Crippen molar-refractivity contribution in [2.45, 2.75) is 5.16 Å². The summed E-state index contributed by atoms with van der Waals surface area (Å²) < 4.78 is 15.2. The Hall–Kier alpha value is -2.19. The molecule has 3 rings (SSSR count).